The van der Waals surface area contributed by atoms with E-state index in [9.17, 15) is 52.2 Å². The minimum atomic E-state index is -5.23. The molecule has 278 valence electrons. The molecular formula is C31H54F3N5O9. The van der Waals surface area contributed by atoms with Gasteiger partial charge in [0.05, 0.1) is 37.1 Å². The number of hydrogen-bond acceptors (Lipinski definition) is 8. The maximum absolute atomic E-state index is 13.3. The summed E-state index contributed by atoms with van der Waals surface area (Å²) in [6, 6.07) is -5.93. The fourth-order valence-electron chi connectivity index (χ4n) is 4.78. The molecule has 0 aromatic rings. The predicted octanol–water partition coefficient (Wildman–Crippen LogP) is 0.983. The monoisotopic (exact) mass is 697 g/mol. The molecule has 0 spiro atoms. The van der Waals surface area contributed by atoms with Crippen molar-refractivity contribution < 1.29 is 57.3 Å². The normalized spacial score (nSPS) is 16.4. The van der Waals surface area contributed by atoms with Gasteiger partial charge in [-0.1, -0.05) is 55.4 Å². The number of hydrogen-bond donors (Lipinski definition) is 8. The number of nitrogens with one attached hydrogen (secondary N) is 5. The van der Waals surface area contributed by atoms with Crippen LogP contribution >= 0.6 is 0 Å². The maximum Gasteiger partial charge on any atom is 0.471 e. The summed E-state index contributed by atoms with van der Waals surface area (Å²) in [5, 5.41) is 41.9. The molecule has 0 aliphatic rings. The summed E-state index contributed by atoms with van der Waals surface area (Å²) in [5.74, 6) is -8.24. The van der Waals surface area contributed by atoms with E-state index in [1.54, 1.807) is 33.0 Å². The highest BCUT2D eigenvalue weighted by Gasteiger charge is 2.42. The van der Waals surface area contributed by atoms with Crippen molar-refractivity contribution in [1.29, 1.82) is 0 Å². The van der Waals surface area contributed by atoms with Gasteiger partial charge in [-0.25, -0.2) is 0 Å². The number of alkyl halides is 3. The van der Waals surface area contributed by atoms with Crippen molar-refractivity contribution in [1.82, 2.24) is 26.6 Å². The summed E-state index contributed by atoms with van der Waals surface area (Å²) < 4.78 is 38.5. The van der Waals surface area contributed by atoms with Gasteiger partial charge >= 0.3 is 18.1 Å². The lowest BCUT2D eigenvalue weighted by Crippen LogP contribution is -2.59. The molecule has 14 nitrogen and oxygen atoms in total. The molecule has 0 aromatic carbocycles. The molecule has 0 aliphatic heterocycles. The molecule has 0 aliphatic carbocycles. The minimum absolute atomic E-state index is 0.00221. The standard InChI is InChI=1S/C31H54F3N5O9/c1-14(2)10-19(37-28(46)25(16(5)6)38-29(47)26(17(7)8)39-30(48)31(32,33)34)21(40)12-23(42)35-18(9)27(45)36-20(11-15(3)4)22(41)13-24(43)44/h14-22,25-26,40-41H,10-13H2,1-9H3,(H,35,42)(H,36,45)(H,37,46)(H,38,47)(H,39,48)(H,43,44)/t18-,19-,20-,21-,22-,25-,26-/m0/s1. The lowest BCUT2D eigenvalue weighted by atomic mass is 9.95. The number of carbonyl (C=O) groups is 6. The first-order valence-electron chi connectivity index (χ1n) is 16.0. The van der Waals surface area contributed by atoms with Gasteiger partial charge in [0.1, 0.15) is 18.1 Å². The van der Waals surface area contributed by atoms with Gasteiger partial charge in [0.15, 0.2) is 0 Å². The Labute approximate surface area is 279 Å². The zero-order valence-corrected chi connectivity index (χ0v) is 29.1. The summed E-state index contributed by atoms with van der Waals surface area (Å²) in [7, 11) is 0. The zero-order valence-electron chi connectivity index (χ0n) is 29.1. The van der Waals surface area contributed by atoms with Crippen LogP contribution in [0.3, 0.4) is 0 Å². The van der Waals surface area contributed by atoms with E-state index in [-0.39, 0.29) is 24.7 Å². The number of carboxylic acid groups (broad SMARTS) is 1. The van der Waals surface area contributed by atoms with Crippen LogP contribution in [0.2, 0.25) is 0 Å². The highest BCUT2D eigenvalue weighted by atomic mass is 19.4. The summed E-state index contributed by atoms with van der Waals surface area (Å²) >= 11 is 0. The first-order chi connectivity index (χ1) is 21.9. The summed E-state index contributed by atoms with van der Waals surface area (Å²) in [6.45, 7) is 14.6. The average molecular weight is 698 g/mol. The van der Waals surface area contributed by atoms with E-state index < -0.39 is 109 Å². The Bertz CT molecular complexity index is 1100. The third-order valence-electron chi connectivity index (χ3n) is 7.32. The average Bonchev–Trinajstić information content (AvgIpc) is 2.91. The molecule has 0 heterocycles. The van der Waals surface area contributed by atoms with Crippen molar-refractivity contribution in [3.05, 3.63) is 0 Å². The Morgan fingerprint density at radius 1 is 0.583 bits per heavy atom. The molecular weight excluding hydrogens is 643 g/mol. The Morgan fingerprint density at radius 3 is 1.38 bits per heavy atom. The summed E-state index contributed by atoms with van der Waals surface area (Å²) in [4.78, 5) is 74.4. The molecule has 0 rings (SSSR count). The van der Waals surface area contributed by atoms with Crippen LogP contribution in [-0.4, -0.2) is 99.4 Å². The highest BCUT2D eigenvalue weighted by Crippen LogP contribution is 2.17. The van der Waals surface area contributed by atoms with E-state index >= 15 is 0 Å². The molecule has 0 unspecified atom stereocenters. The molecule has 5 amide bonds. The van der Waals surface area contributed by atoms with Gasteiger partial charge in [-0.15, -0.1) is 0 Å². The number of rotatable bonds is 20. The molecule has 0 radical (unpaired) electrons. The smallest absolute Gasteiger partial charge is 0.471 e. The molecule has 48 heavy (non-hydrogen) atoms. The highest BCUT2D eigenvalue weighted by molar-refractivity contribution is 5.93. The number of aliphatic carboxylic acids is 1. The van der Waals surface area contributed by atoms with Crippen LogP contribution in [0.5, 0.6) is 0 Å². The molecule has 0 saturated carbocycles. The van der Waals surface area contributed by atoms with Gasteiger partial charge in [-0.05, 0) is 43.4 Å². The Balaban J connectivity index is 5.65. The van der Waals surface area contributed by atoms with E-state index in [0.29, 0.717) is 0 Å². The number of aliphatic hydroxyl groups excluding tert-OH is 2. The Kier molecular flexibility index (Phi) is 18.7. The van der Waals surface area contributed by atoms with Crippen molar-refractivity contribution in [3.63, 3.8) is 0 Å². The van der Waals surface area contributed by atoms with Crippen LogP contribution in [0.4, 0.5) is 13.2 Å². The molecule has 0 bridgehead atoms. The van der Waals surface area contributed by atoms with Crippen LogP contribution in [0.1, 0.15) is 88.0 Å². The minimum Gasteiger partial charge on any atom is -0.481 e. The van der Waals surface area contributed by atoms with E-state index in [1.807, 2.05) is 13.8 Å². The number of carbonyl (C=O) groups excluding carboxylic acids is 5. The Hall–Kier alpha value is -3.47. The van der Waals surface area contributed by atoms with Crippen molar-refractivity contribution in [2.75, 3.05) is 0 Å². The number of carboxylic acids is 1. The second-order valence-electron chi connectivity index (χ2n) is 13.6. The lowest BCUT2D eigenvalue weighted by Gasteiger charge is -2.31. The van der Waals surface area contributed by atoms with E-state index in [4.69, 9.17) is 5.11 Å². The van der Waals surface area contributed by atoms with Gasteiger partial charge in [-0.3, -0.25) is 28.8 Å². The largest absolute Gasteiger partial charge is 0.481 e. The number of aliphatic hydroxyl groups is 2. The quantitative estimate of drug-likeness (QED) is 0.0907. The van der Waals surface area contributed by atoms with Crippen LogP contribution in [-0.2, 0) is 28.8 Å². The van der Waals surface area contributed by atoms with Crippen LogP contribution in [0, 0.1) is 23.7 Å². The van der Waals surface area contributed by atoms with Gasteiger partial charge < -0.3 is 41.9 Å². The van der Waals surface area contributed by atoms with Crippen LogP contribution in [0.25, 0.3) is 0 Å². The maximum atomic E-state index is 13.3. The fraction of sp³-hybridized carbons (Fsp3) is 0.806. The summed E-state index contributed by atoms with van der Waals surface area (Å²) in [6.07, 6.45) is -8.75. The lowest BCUT2D eigenvalue weighted by molar-refractivity contribution is -0.175. The number of amides is 5. The third-order valence-corrected chi connectivity index (χ3v) is 7.32. The zero-order chi connectivity index (χ0) is 37.7. The second-order valence-corrected chi connectivity index (χ2v) is 13.6. The van der Waals surface area contributed by atoms with Gasteiger partial charge in [0.25, 0.3) is 0 Å². The first-order valence-corrected chi connectivity index (χ1v) is 16.0. The molecule has 17 heteroatoms. The van der Waals surface area contributed by atoms with Crippen molar-refractivity contribution >= 4 is 35.5 Å². The SMILES string of the molecule is CC(C)C[C@H](NC(=O)[C@H](C)NC(=O)C[C@H](O)[C@H](CC(C)C)NC(=O)[C@@H](NC(=O)[C@@H](NC(=O)C(F)(F)F)C(C)C)C(C)C)[C@@H](O)CC(=O)O. The molecule has 0 fully saturated rings. The summed E-state index contributed by atoms with van der Waals surface area (Å²) in [5.41, 5.74) is 0. The van der Waals surface area contributed by atoms with Crippen molar-refractivity contribution in [3.8, 4) is 0 Å². The molecule has 8 N–H and O–H groups in total. The first kappa shape index (κ1) is 44.5. The van der Waals surface area contributed by atoms with Crippen LogP contribution < -0.4 is 26.6 Å². The molecule has 0 saturated heterocycles. The fourth-order valence-corrected chi connectivity index (χ4v) is 4.78. The molecule has 0 aromatic heterocycles. The van der Waals surface area contributed by atoms with Gasteiger partial charge in [0.2, 0.25) is 23.6 Å². The predicted molar refractivity (Wildman–Crippen MR) is 169 cm³/mol. The third kappa shape index (κ3) is 16.6. The van der Waals surface area contributed by atoms with Gasteiger partial charge in [-0.2, -0.15) is 13.2 Å². The van der Waals surface area contributed by atoms with Crippen LogP contribution in [0.15, 0.2) is 0 Å². The number of halogens is 3. The molecule has 7 atom stereocenters. The van der Waals surface area contributed by atoms with Gasteiger partial charge in [0, 0.05) is 0 Å². The van der Waals surface area contributed by atoms with E-state index in [1.165, 1.54) is 20.8 Å². The van der Waals surface area contributed by atoms with Crippen molar-refractivity contribution in [2.24, 2.45) is 23.7 Å². The van der Waals surface area contributed by atoms with E-state index in [0.717, 1.165) is 0 Å². The topological polar surface area (TPSA) is 223 Å². The Morgan fingerprint density at radius 2 is 0.979 bits per heavy atom. The second kappa shape index (κ2) is 20.1. The van der Waals surface area contributed by atoms with E-state index in [2.05, 4.69) is 21.3 Å². The van der Waals surface area contributed by atoms with Crippen molar-refractivity contribution in [2.45, 2.75) is 137 Å².